The molecule has 3 aliphatic rings. The molecular weight excluding hydrogens is 188 g/mol. The number of amides is 1. The Kier molecular flexibility index (Phi) is 1.78. The van der Waals surface area contributed by atoms with E-state index in [1.807, 2.05) is 6.08 Å². The molecule has 0 radical (unpaired) electrons. The summed E-state index contributed by atoms with van der Waals surface area (Å²) in [6.07, 6.45) is 13.2. The normalized spacial score (nSPS) is 31.9. The summed E-state index contributed by atoms with van der Waals surface area (Å²) in [6.45, 7) is 0. The van der Waals surface area contributed by atoms with Gasteiger partial charge in [-0.3, -0.25) is 10.2 Å². The second-order valence-electron chi connectivity index (χ2n) is 4.01. The number of fused-ring (bicyclic) bond motifs is 2. The first kappa shape index (κ1) is 8.53. The van der Waals surface area contributed by atoms with E-state index in [0.717, 1.165) is 5.70 Å². The predicted octanol–water partition coefficient (Wildman–Crippen LogP) is 1.19. The number of allylic oxidation sites excluding steroid dienone is 7. The standard InChI is InChI=1S/C12H12N2O/c15-11-7-9-6-5-8-3-1-2-4-10(8)12(9)14-13-11/h1-6,8-9,14H,7H2,(H,13,15). The van der Waals surface area contributed by atoms with Gasteiger partial charge in [0, 0.05) is 24.0 Å². The molecule has 3 heteroatoms. The zero-order valence-electron chi connectivity index (χ0n) is 8.23. The molecule has 1 amide bonds. The van der Waals surface area contributed by atoms with E-state index in [2.05, 4.69) is 41.2 Å². The summed E-state index contributed by atoms with van der Waals surface area (Å²) < 4.78 is 0. The lowest BCUT2D eigenvalue weighted by atomic mass is 9.81. The maximum Gasteiger partial charge on any atom is 0.239 e. The lowest BCUT2D eigenvalue weighted by Crippen LogP contribution is -2.46. The van der Waals surface area contributed by atoms with E-state index in [1.165, 1.54) is 5.57 Å². The smallest absolute Gasteiger partial charge is 0.239 e. The second kappa shape index (κ2) is 3.12. The summed E-state index contributed by atoms with van der Waals surface area (Å²) in [7, 11) is 0. The van der Waals surface area contributed by atoms with Crippen molar-refractivity contribution in [3.05, 3.63) is 47.7 Å². The zero-order chi connectivity index (χ0) is 10.3. The van der Waals surface area contributed by atoms with E-state index in [9.17, 15) is 4.79 Å². The Morgan fingerprint density at radius 3 is 3.00 bits per heavy atom. The molecule has 76 valence electrons. The minimum absolute atomic E-state index is 0.0581. The molecule has 15 heavy (non-hydrogen) atoms. The van der Waals surface area contributed by atoms with Gasteiger partial charge in [-0.1, -0.05) is 36.5 Å². The Morgan fingerprint density at radius 1 is 1.13 bits per heavy atom. The number of hydrogen-bond donors (Lipinski definition) is 2. The number of hydrazine groups is 1. The molecule has 2 unspecified atom stereocenters. The highest BCUT2D eigenvalue weighted by atomic mass is 16.2. The fourth-order valence-electron chi connectivity index (χ4n) is 2.28. The molecule has 3 nitrogen and oxygen atoms in total. The van der Waals surface area contributed by atoms with Crippen molar-refractivity contribution in [1.82, 2.24) is 10.9 Å². The van der Waals surface area contributed by atoms with Crippen LogP contribution < -0.4 is 10.9 Å². The first-order valence-electron chi connectivity index (χ1n) is 5.17. The number of rotatable bonds is 0. The van der Waals surface area contributed by atoms with E-state index < -0.39 is 0 Å². The number of hydrogen-bond acceptors (Lipinski definition) is 2. The average molecular weight is 200 g/mol. The van der Waals surface area contributed by atoms with Crippen LogP contribution in [0.25, 0.3) is 0 Å². The van der Waals surface area contributed by atoms with Gasteiger partial charge in [-0.05, 0) is 5.57 Å². The first-order valence-corrected chi connectivity index (χ1v) is 5.17. The van der Waals surface area contributed by atoms with Gasteiger partial charge in [-0.15, -0.1) is 0 Å². The van der Waals surface area contributed by atoms with Crippen LogP contribution in [-0.4, -0.2) is 5.91 Å². The van der Waals surface area contributed by atoms with Crippen LogP contribution in [-0.2, 0) is 4.79 Å². The molecule has 2 N–H and O–H groups in total. The van der Waals surface area contributed by atoms with Gasteiger partial charge >= 0.3 is 0 Å². The molecule has 1 aliphatic heterocycles. The fraction of sp³-hybridized carbons (Fsp3) is 0.250. The van der Waals surface area contributed by atoms with Gasteiger partial charge in [0.25, 0.3) is 0 Å². The Morgan fingerprint density at radius 2 is 2.07 bits per heavy atom. The van der Waals surface area contributed by atoms with Gasteiger partial charge < -0.3 is 5.43 Å². The maximum absolute atomic E-state index is 11.2. The quantitative estimate of drug-likeness (QED) is 0.577. The molecule has 1 heterocycles. The molecule has 0 aromatic rings. The van der Waals surface area contributed by atoms with Gasteiger partial charge in [0.15, 0.2) is 0 Å². The number of nitrogens with one attached hydrogen (secondary N) is 2. The lowest BCUT2D eigenvalue weighted by molar-refractivity contribution is -0.123. The molecule has 2 atom stereocenters. The summed E-state index contributed by atoms with van der Waals surface area (Å²) >= 11 is 0. The summed E-state index contributed by atoms with van der Waals surface area (Å²) in [6, 6.07) is 0. The third kappa shape index (κ3) is 1.31. The van der Waals surface area contributed by atoms with E-state index >= 15 is 0 Å². The third-order valence-electron chi connectivity index (χ3n) is 3.04. The van der Waals surface area contributed by atoms with Crippen LogP contribution in [0.2, 0.25) is 0 Å². The van der Waals surface area contributed by atoms with E-state index in [1.54, 1.807) is 0 Å². The maximum atomic E-state index is 11.2. The monoisotopic (exact) mass is 200 g/mol. The summed E-state index contributed by atoms with van der Waals surface area (Å²) in [5.41, 5.74) is 8.10. The molecule has 2 aliphatic carbocycles. The molecule has 1 fully saturated rings. The Labute approximate surface area is 88.2 Å². The van der Waals surface area contributed by atoms with Crippen molar-refractivity contribution < 1.29 is 4.79 Å². The Balaban J connectivity index is 2.01. The highest BCUT2D eigenvalue weighted by molar-refractivity contribution is 5.78. The molecule has 0 saturated carbocycles. The van der Waals surface area contributed by atoms with Gasteiger partial charge in [-0.25, -0.2) is 0 Å². The van der Waals surface area contributed by atoms with E-state index in [0.29, 0.717) is 12.3 Å². The van der Waals surface area contributed by atoms with Gasteiger partial charge in [0.2, 0.25) is 5.91 Å². The van der Waals surface area contributed by atoms with Crippen LogP contribution in [0.15, 0.2) is 47.7 Å². The van der Waals surface area contributed by atoms with Crippen LogP contribution in [0.5, 0.6) is 0 Å². The Hall–Kier alpha value is -1.77. The van der Waals surface area contributed by atoms with Crippen LogP contribution in [0.1, 0.15) is 6.42 Å². The van der Waals surface area contributed by atoms with Gasteiger partial charge in [0.05, 0.1) is 0 Å². The summed E-state index contributed by atoms with van der Waals surface area (Å²) in [5.74, 6) is 0.646. The lowest BCUT2D eigenvalue weighted by Gasteiger charge is -2.32. The molecule has 0 bridgehead atoms. The van der Waals surface area contributed by atoms with Crippen LogP contribution in [0, 0.1) is 11.8 Å². The highest BCUT2D eigenvalue weighted by Crippen LogP contribution is 2.33. The zero-order valence-corrected chi connectivity index (χ0v) is 8.23. The van der Waals surface area contributed by atoms with Crippen LogP contribution in [0.3, 0.4) is 0 Å². The third-order valence-corrected chi connectivity index (χ3v) is 3.04. The van der Waals surface area contributed by atoms with Crippen molar-refractivity contribution in [2.75, 3.05) is 0 Å². The predicted molar refractivity (Wildman–Crippen MR) is 57.3 cm³/mol. The fourth-order valence-corrected chi connectivity index (χ4v) is 2.28. The highest BCUT2D eigenvalue weighted by Gasteiger charge is 2.28. The van der Waals surface area contributed by atoms with Crippen molar-refractivity contribution in [3.63, 3.8) is 0 Å². The largest absolute Gasteiger partial charge is 0.302 e. The minimum atomic E-state index is 0.0581. The van der Waals surface area contributed by atoms with Crippen LogP contribution in [0.4, 0.5) is 0 Å². The minimum Gasteiger partial charge on any atom is -0.302 e. The molecule has 0 spiro atoms. The van der Waals surface area contributed by atoms with Crippen LogP contribution >= 0.6 is 0 Å². The topological polar surface area (TPSA) is 41.1 Å². The number of carbonyl (C=O) groups is 1. The summed E-state index contributed by atoms with van der Waals surface area (Å²) in [5, 5.41) is 0. The van der Waals surface area contributed by atoms with Crippen molar-refractivity contribution in [2.45, 2.75) is 6.42 Å². The summed E-state index contributed by atoms with van der Waals surface area (Å²) in [4.78, 5) is 11.2. The average Bonchev–Trinajstić information content (AvgIpc) is 2.28. The SMILES string of the molecule is O=C1CC2C=CC3C=CC=CC3=C2NN1. The van der Waals surface area contributed by atoms with Crippen molar-refractivity contribution in [1.29, 1.82) is 0 Å². The molecule has 1 saturated heterocycles. The Bertz CT molecular complexity index is 429. The molecule has 0 aromatic heterocycles. The van der Waals surface area contributed by atoms with Gasteiger partial charge in [0.1, 0.15) is 0 Å². The van der Waals surface area contributed by atoms with Crippen molar-refractivity contribution in [3.8, 4) is 0 Å². The van der Waals surface area contributed by atoms with E-state index in [-0.39, 0.29) is 11.8 Å². The first-order chi connectivity index (χ1) is 7.34. The van der Waals surface area contributed by atoms with Crippen molar-refractivity contribution in [2.24, 2.45) is 11.8 Å². The number of carbonyl (C=O) groups excluding carboxylic acids is 1. The van der Waals surface area contributed by atoms with E-state index in [4.69, 9.17) is 0 Å². The molecule has 0 aromatic carbocycles. The van der Waals surface area contributed by atoms with Gasteiger partial charge in [-0.2, -0.15) is 0 Å². The van der Waals surface area contributed by atoms with Crippen molar-refractivity contribution >= 4 is 5.91 Å². The second-order valence-corrected chi connectivity index (χ2v) is 4.01. The molecular formula is C12H12N2O. The molecule has 3 rings (SSSR count).